The van der Waals surface area contributed by atoms with Gasteiger partial charge in [-0.3, -0.25) is 9.47 Å². The number of nitrogens with zero attached hydrogens (tertiary/aromatic N) is 6. The van der Waals surface area contributed by atoms with Crippen molar-refractivity contribution in [2.75, 3.05) is 20.2 Å². The van der Waals surface area contributed by atoms with Crippen molar-refractivity contribution in [3.8, 4) is 5.75 Å². The molecule has 9 nitrogen and oxygen atoms in total. The van der Waals surface area contributed by atoms with Crippen LogP contribution >= 0.6 is 0 Å². The highest BCUT2D eigenvalue weighted by Gasteiger charge is 2.23. The third kappa shape index (κ3) is 4.48. The zero-order valence-electron chi connectivity index (χ0n) is 19.0. The Labute approximate surface area is 200 Å². The van der Waals surface area contributed by atoms with Gasteiger partial charge in [-0.25, -0.2) is 19.2 Å². The third-order valence-electron chi connectivity index (χ3n) is 5.96. The van der Waals surface area contributed by atoms with Gasteiger partial charge >= 0.3 is 5.69 Å². The molecule has 35 heavy (non-hydrogen) atoms. The molecule has 1 aromatic carbocycles. The van der Waals surface area contributed by atoms with E-state index < -0.39 is 17.3 Å². The van der Waals surface area contributed by atoms with Gasteiger partial charge in [0.15, 0.2) is 17.2 Å². The first-order valence-electron chi connectivity index (χ1n) is 11.0. The highest BCUT2D eigenvalue weighted by molar-refractivity contribution is 5.89. The van der Waals surface area contributed by atoms with E-state index in [4.69, 9.17) is 9.47 Å². The number of benzene rings is 1. The lowest BCUT2D eigenvalue weighted by Gasteiger charge is -2.35. The first kappa shape index (κ1) is 24.7. The number of halogens is 2. The second-order valence-electron chi connectivity index (χ2n) is 8.59. The van der Waals surface area contributed by atoms with E-state index in [0.29, 0.717) is 23.2 Å². The van der Waals surface area contributed by atoms with Crippen molar-refractivity contribution in [3.63, 3.8) is 0 Å². The number of fused-ring (bicyclic) bond motifs is 3. The van der Waals surface area contributed by atoms with E-state index >= 15 is 0 Å². The minimum absolute atomic E-state index is 0. The van der Waals surface area contributed by atoms with Crippen LogP contribution in [0.25, 0.3) is 16.7 Å². The predicted octanol–water partition coefficient (Wildman–Crippen LogP) is 3.02. The summed E-state index contributed by atoms with van der Waals surface area (Å²) in [6.07, 6.45) is 3.24. The Bertz CT molecular complexity index is 1430. The Morgan fingerprint density at radius 3 is 2.54 bits per heavy atom. The van der Waals surface area contributed by atoms with Crippen LogP contribution in [0.1, 0.15) is 32.4 Å². The summed E-state index contributed by atoms with van der Waals surface area (Å²) in [6, 6.07) is 4.62. The van der Waals surface area contributed by atoms with Gasteiger partial charge in [0.2, 0.25) is 5.82 Å². The van der Waals surface area contributed by atoms with Crippen molar-refractivity contribution in [2.24, 2.45) is 0 Å². The van der Waals surface area contributed by atoms with Crippen molar-refractivity contribution in [1.82, 2.24) is 29.0 Å². The van der Waals surface area contributed by atoms with Gasteiger partial charge in [0, 0.05) is 31.4 Å². The molecule has 1 aliphatic rings. The summed E-state index contributed by atoms with van der Waals surface area (Å²) < 4.78 is 42.0. The Balaban J connectivity index is 0.00000289. The van der Waals surface area contributed by atoms with E-state index in [1.54, 1.807) is 6.20 Å². The first-order chi connectivity index (χ1) is 16.4. The van der Waals surface area contributed by atoms with Gasteiger partial charge in [-0.05, 0) is 31.5 Å². The molecule has 1 fully saturated rings. The molecule has 186 valence electrons. The van der Waals surface area contributed by atoms with Crippen molar-refractivity contribution >= 4 is 16.7 Å². The summed E-state index contributed by atoms with van der Waals surface area (Å²) in [7, 11) is 1.26. The first-order valence-corrected chi connectivity index (χ1v) is 11.0. The summed E-state index contributed by atoms with van der Waals surface area (Å²) in [4.78, 5) is 24.2. The van der Waals surface area contributed by atoms with Gasteiger partial charge in [-0.2, -0.15) is 14.0 Å². The van der Waals surface area contributed by atoms with Crippen LogP contribution in [0.4, 0.5) is 8.78 Å². The molecule has 0 amide bonds. The van der Waals surface area contributed by atoms with Gasteiger partial charge in [0.05, 0.1) is 31.2 Å². The van der Waals surface area contributed by atoms with E-state index in [2.05, 4.69) is 20.0 Å². The molecular weight excluding hydrogens is 458 g/mol. The lowest BCUT2D eigenvalue weighted by atomic mass is 10.1. The summed E-state index contributed by atoms with van der Waals surface area (Å²) in [6.45, 7) is 6.10. The fraction of sp³-hybridized carbons (Fsp3) is 0.417. The molecule has 1 saturated heterocycles. The maximum Gasteiger partial charge on any atom is 0.352 e. The standard InChI is InChI=1S/C23H24F2N6O3.CH4/c1-13-8-29(9-14(2)34-13)10-15-6-17-21(26-7-15)30(23(32)31-22(17)27-12-28-31)11-16-4-5-18(33-3)20(25)19(16)24;/h4-7,12-14H,8-11H2,1-3H3;1H4/t13-,14+;. The number of hydrogen-bond donors (Lipinski definition) is 0. The average Bonchev–Trinajstić information content (AvgIpc) is 3.29. The Morgan fingerprint density at radius 2 is 1.83 bits per heavy atom. The van der Waals surface area contributed by atoms with Crippen molar-refractivity contribution < 1.29 is 18.3 Å². The van der Waals surface area contributed by atoms with Gasteiger partial charge < -0.3 is 9.47 Å². The van der Waals surface area contributed by atoms with E-state index in [9.17, 15) is 13.6 Å². The van der Waals surface area contributed by atoms with Gasteiger partial charge in [-0.1, -0.05) is 13.5 Å². The smallest absolute Gasteiger partial charge is 0.352 e. The number of morpholine rings is 1. The average molecular weight is 487 g/mol. The zero-order chi connectivity index (χ0) is 24.0. The molecule has 0 aliphatic carbocycles. The van der Waals surface area contributed by atoms with E-state index in [1.165, 1.54) is 30.1 Å². The molecule has 0 saturated carbocycles. The summed E-state index contributed by atoms with van der Waals surface area (Å²) >= 11 is 0. The number of ether oxygens (including phenoxy) is 2. The molecule has 11 heteroatoms. The molecule has 4 aromatic rings. The van der Waals surface area contributed by atoms with Crippen LogP contribution in [0.5, 0.6) is 5.75 Å². The van der Waals surface area contributed by atoms with Crippen LogP contribution in [0, 0.1) is 11.6 Å². The number of hydrogen-bond acceptors (Lipinski definition) is 7. The SMILES string of the molecule is C.COc1ccc(Cn2c(=O)n3ncnc3c3cc(CN4C[C@@H](C)O[C@@H](C)C4)cnc32)c(F)c1F. The van der Waals surface area contributed by atoms with E-state index in [1.807, 2.05) is 19.9 Å². The summed E-state index contributed by atoms with van der Waals surface area (Å²) in [5.41, 5.74) is 1.05. The minimum Gasteiger partial charge on any atom is -0.494 e. The normalized spacial score (nSPS) is 18.7. The highest BCUT2D eigenvalue weighted by atomic mass is 19.2. The number of methoxy groups -OCH3 is 1. The zero-order valence-corrected chi connectivity index (χ0v) is 19.0. The van der Waals surface area contributed by atoms with Crippen LogP contribution in [-0.2, 0) is 17.8 Å². The van der Waals surface area contributed by atoms with E-state index in [-0.39, 0.29) is 37.5 Å². The van der Waals surface area contributed by atoms with Gasteiger partial charge in [0.25, 0.3) is 0 Å². The lowest BCUT2D eigenvalue weighted by molar-refractivity contribution is -0.0705. The quantitative estimate of drug-likeness (QED) is 0.429. The summed E-state index contributed by atoms with van der Waals surface area (Å²) in [5, 5.41) is 4.63. The Kier molecular flexibility index (Phi) is 6.82. The van der Waals surface area contributed by atoms with Crippen LogP contribution < -0.4 is 10.4 Å². The van der Waals surface area contributed by atoms with Crippen molar-refractivity contribution in [3.05, 3.63) is 64.0 Å². The van der Waals surface area contributed by atoms with Crippen LogP contribution in [0.3, 0.4) is 0 Å². The molecular formula is C24H28F2N6O3. The molecule has 5 rings (SSSR count). The van der Waals surface area contributed by atoms with Crippen molar-refractivity contribution in [1.29, 1.82) is 0 Å². The molecule has 0 N–H and O–H groups in total. The van der Waals surface area contributed by atoms with Crippen LogP contribution in [0.15, 0.2) is 35.5 Å². The molecule has 4 heterocycles. The molecule has 0 bridgehead atoms. The maximum atomic E-state index is 14.7. The Morgan fingerprint density at radius 1 is 1.09 bits per heavy atom. The molecule has 0 radical (unpaired) electrons. The maximum absolute atomic E-state index is 14.7. The van der Waals surface area contributed by atoms with Crippen molar-refractivity contribution in [2.45, 2.75) is 46.6 Å². The fourth-order valence-electron chi connectivity index (χ4n) is 4.57. The molecule has 0 unspecified atom stereocenters. The minimum atomic E-state index is -1.11. The van der Waals surface area contributed by atoms with E-state index in [0.717, 1.165) is 23.2 Å². The predicted molar refractivity (Wildman–Crippen MR) is 127 cm³/mol. The third-order valence-corrected chi connectivity index (χ3v) is 5.96. The monoisotopic (exact) mass is 486 g/mol. The summed E-state index contributed by atoms with van der Waals surface area (Å²) in [5.74, 6) is -2.40. The second kappa shape index (κ2) is 9.67. The van der Waals surface area contributed by atoms with Gasteiger partial charge in [-0.15, -0.1) is 0 Å². The molecule has 2 atom stereocenters. The molecule has 1 aliphatic heterocycles. The Hall–Kier alpha value is -3.44. The number of pyridine rings is 1. The largest absolute Gasteiger partial charge is 0.494 e. The van der Waals surface area contributed by atoms with Gasteiger partial charge in [0.1, 0.15) is 12.0 Å². The topological polar surface area (TPSA) is 86.8 Å². The van der Waals surface area contributed by atoms with Crippen LogP contribution in [-0.4, -0.2) is 61.5 Å². The number of rotatable bonds is 5. The molecule has 3 aromatic heterocycles. The van der Waals surface area contributed by atoms with Crippen LogP contribution in [0.2, 0.25) is 0 Å². The lowest BCUT2D eigenvalue weighted by Crippen LogP contribution is -2.44. The second-order valence-corrected chi connectivity index (χ2v) is 8.59. The molecule has 0 spiro atoms. The highest BCUT2D eigenvalue weighted by Crippen LogP contribution is 2.24. The number of aromatic nitrogens is 5. The fourth-order valence-corrected chi connectivity index (χ4v) is 4.57.